The third-order valence-electron chi connectivity index (χ3n) is 4.19. The molecule has 30 heavy (non-hydrogen) atoms. The first kappa shape index (κ1) is 21.5. The van der Waals surface area contributed by atoms with Crippen LogP contribution in [0.5, 0.6) is 28.7 Å². The summed E-state index contributed by atoms with van der Waals surface area (Å²) in [6.07, 6.45) is 1.37. The van der Waals surface area contributed by atoms with E-state index in [0.29, 0.717) is 34.1 Å². The third kappa shape index (κ3) is 4.35. The van der Waals surface area contributed by atoms with Crippen molar-refractivity contribution in [1.29, 1.82) is 0 Å². The zero-order valence-electron chi connectivity index (χ0n) is 16.5. The largest absolute Gasteiger partial charge is 0.780 e. The SMILES string of the molecule is COc1ccc(-c2cnoc2-c2cc(OC)c(OC)c(OC)c2)c(OP(=O)([O-])[O-])c1. The topological polar surface area (TPSA) is 135 Å². The normalized spacial score (nSPS) is 11.1. The minimum atomic E-state index is -5.33. The average Bonchev–Trinajstić information content (AvgIpc) is 3.20. The van der Waals surface area contributed by atoms with Crippen LogP contribution < -0.4 is 33.3 Å². The number of phosphoric ester groups is 1. The molecule has 3 aromatic rings. The molecule has 3 rings (SSSR count). The molecule has 0 aliphatic heterocycles. The lowest BCUT2D eigenvalue weighted by Crippen LogP contribution is -2.18. The third-order valence-corrected chi connectivity index (χ3v) is 4.61. The van der Waals surface area contributed by atoms with Crippen LogP contribution in [0.15, 0.2) is 41.1 Å². The number of aromatic nitrogens is 1. The first-order valence-corrected chi connectivity index (χ1v) is 9.92. The monoisotopic (exact) mass is 435 g/mol. The zero-order chi connectivity index (χ0) is 21.9. The lowest BCUT2D eigenvalue weighted by molar-refractivity contribution is -0.333. The molecular formula is C19H18NO9P-2. The quantitative estimate of drug-likeness (QED) is 0.485. The van der Waals surface area contributed by atoms with E-state index in [1.807, 2.05) is 0 Å². The Hall–Kier alpha value is -3.20. The Morgan fingerprint density at radius 1 is 0.867 bits per heavy atom. The van der Waals surface area contributed by atoms with Gasteiger partial charge in [-0.15, -0.1) is 0 Å². The van der Waals surface area contributed by atoms with Gasteiger partial charge < -0.3 is 42.3 Å². The molecule has 11 heteroatoms. The van der Waals surface area contributed by atoms with Crippen LogP contribution in [-0.4, -0.2) is 33.6 Å². The second-order valence-corrected chi connectivity index (χ2v) is 6.96. The van der Waals surface area contributed by atoms with E-state index in [-0.39, 0.29) is 17.1 Å². The van der Waals surface area contributed by atoms with Crippen molar-refractivity contribution >= 4 is 7.82 Å². The van der Waals surface area contributed by atoms with Gasteiger partial charge in [0.1, 0.15) is 19.3 Å². The van der Waals surface area contributed by atoms with Gasteiger partial charge in [0.15, 0.2) is 17.3 Å². The van der Waals surface area contributed by atoms with Gasteiger partial charge >= 0.3 is 0 Å². The van der Waals surface area contributed by atoms with Crippen molar-refractivity contribution < 1.29 is 42.3 Å². The number of rotatable bonds is 8. The maximum Gasteiger partial charge on any atom is 0.203 e. The predicted octanol–water partition coefficient (Wildman–Crippen LogP) is 2.25. The van der Waals surface area contributed by atoms with E-state index in [9.17, 15) is 14.4 Å². The molecule has 0 saturated heterocycles. The summed E-state index contributed by atoms with van der Waals surface area (Å²) in [6, 6.07) is 7.67. The van der Waals surface area contributed by atoms with Crippen LogP contribution in [0, 0.1) is 0 Å². The van der Waals surface area contributed by atoms with Crippen molar-refractivity contribution in [3.05, 3.63) is 36.5 Å². The number of phosphoric acid groups is 1. The molecule has 0 bridgehead atoms. The Morgan fingerprint density at radius 2 is 1.53 bits per heavy atom. The van der Waals surface area contributed by atoms with E-state index in [1.165, 1.54) is 46.8 Å². The van der Waals surface area contributed by atoms with Gasteiger partial charge in [0.25, 0.3) is 0 Å². The summed E-state index contributed by atoms with van der Waals surface area (Å²) in [6.45, 7) is 0. The molecule has 0 aliphatic rings. The Balaban J connectivity index is 2.18. The second-order valence-electron chi connectivity index (χ2n) is 5.88. The van der Waals surface area contributed by atoms with Gasteiger partial charge in [-0.25, -0.2) is 0 Å². The van der Waals surface area contributed by atoms with Crippen LogP contribution in [0.3, 0.4) is 0 Å². The molecule has 0 radical (unpaired) electrons. The Labute approximate surface area is 172 Å². The van der Waals surface area contributed by atoms with Crippen molar-refractivity contribution in [2.75, 3.05) is 28.4 Å². The van der Waals surface area contributed by atoms with Gasteiger partial charge in [-0.3, -0.25) is 0 Å². The zero-order valence-corrected chi connectivity index (χ0v) is 17.4. The molecule has 0 fully saturated rings. The standard InChI is InChI=1S/C19H20NO9P/c1-24-12-5-6-13(15(9-12)29-30(21,22)23)14-10-20-28-18(14)11-7-16(25-2)19(27-4)17(8-11)26-3/h5-10H,1-4H3,(H2,21,22,23)/p-2. The Kier molecular flexibility index (Phi) is 6.21. The van der Waals surface area contributed by atoms with Crippen LogP contribution in [0.2, 0.25) is 0 Å². The molecular weight excluding hydrogens is 417 g/mol. The van der Waals surface area contributed by atoms with Gasteiger partial charge in [0, 0.05) is 17.2 Å². The molecule has 0 spiro atoms. The van der Waals surface area contributed by atoms with Crippen molar-refractivity contribution in [2.24, 2.45) is 0 Å². The highest BCUT2D eigenvalue weighted by Gasteiger charge is 2.22. The number of benzene rings is 2. The van der Waals surface area contributed by atoms with Crippen LogP contribution >= 0.6 is 7.82 Å². The van der Waals surface area contributed by atoms with Crippen LogP contribution in [0.25, 0.3) is 22.5 Å². The maximum absolute atomic E-state index is 11.2. The van der Waals surface area contributed by atoms with Gasteiger partial charge in [0.2, 0.25) is 5.75 Å². The van der Waals surface area contributed by atoms with Crippen LogP contribution in [-0.2, 0) is 4.57 Å². The van der Waals surface area contributed by atoms with E-state index in [2.05, 4.69) is 9.68 Å². The van der Waals surface area contributed by atoms with Crippen LogP contribution in [0.1, 0.15) is 0 Å². The van der Waals surface area contributed by atoms with E-state index in [4.69, 9.17) is 23.5 Å². The first-order chi connectivity index (χ1) is 14.3. The fourth-order valence-corrected chi connectivity index (χ4v) is 3.29. The summed E-state index contributed by atoms with van der Waals surface area (Å²) in [4.78, 5) is 22.5. The lowest BCUT2D eigenvalue weighted by atomic mass is 10.0. The molecule has 10 nitrogen and oxygen atoms in total. The predicted molar refractivity (Wildman–Crippen MR) is 102 cm³/mol. The minimum Gasteiger partial charge on any atom is -0.780 e. The highest BCUT2D eigenvalue weighted by molar-refractivity contribution is 7.43. The summed E-state index contributed by atoms with van der Waals surface area (Å²) in [7, 11) is 0.481. The Bertz CT molecular complexity index is 1060. The van der Waals surface area contributed by atoms with E-state index >= 15 is 0 Å². The number of methoxy groups -OCH3 is 4. The molecule has 0 saturated carbocycles. The molecule has 2 aromatic carbocycles. The fourth-order valence-electron chi connectivity index (χ4n) is 2.90. The maximum atomic E-state index is 11.2. The van der Waals surface area contributed by atoms with Crippen molar-refractivity contribution in [3.8, 4) is 51.2 Å². The van der Waals surface area contributed by atoms with Crippen molar-refractivity contribution in [3.63, 3.8) is 0 Å². The van der Waals surface area contributed by atoms with E-state index in [1.54, 1.807) is 18.2 Å². The van der Waals surface area contributed by atoms with Gasteiger partial charge in [-0.2, -0.15) is 0 Å². The summed E-state index contributed by atoms with van der Waals surface area (Å²) >= 11 is 0. The Morgan fingerprint density at radius 3 is 2.07 bits per heavy atom. The molecule has 0 unspecified atom stereocenters. The molecule has 0 amide bonds. The highest BCUT2D eigenvalue weighted by atomic mass is 31.2. The molecule has 0 aliphatic carbocycles. The van der Waals surface area contributed by atoms with Gasteiger partial charge in [0.05, 0.1) is 40.2 Å². The molecule has 1 heterocycles. The fraction of sp³-hybridized carbons (Fsp3) is 0.211. The van der Waals surface area contributed by atoms with Gasteiger partial charge in [-0.05, 0) is 24.3 Å². The first-order valence-electron chi connectivity index (χ1n) is 8.46. The van der Waals surface area contributed by atoms with E-state index < -0.39 is 7.82 Å². The molecule has 1 aromatic heterocycles. The highest BCUT2D eigenvalue weighted by Crippen LogP contribution is 2.46. The number of hydrogen-bond donors (Lipinski definition) is 0. The molecule has 160 valence electrons. The van der Waals surface area contributed by atoms with Gasteiger partial charge in [-0.1, -0.05) is 5.16 Å². The number of ether oxygens (including phenoxy) is 4. The minimum absolute atomic E-state index is 0.223. The van der Waals surface area contributed by atoms with Crippen LogP contribution in [0.4, 0.5) is 0 Å². The second kappa shape index (κ2) is 8.66. The average molecular weight is 435 g/mol. The van der Waals surface area contributed by atoms with E-state index in [0.717, 1.165) is 0 Å². The summed E-state index contributed by atoms with van der Waals surface area (Å²) in [5.41, 5.74) is 1.13. The lowest BCUT2D eigenvalue weighted by Gasteiger charge is -2.30. The van der Waals surface area contributed by atoms with Crippen molar-refractivity contribution in [2.45, 2.75) is 0 Å². The summed E-state index contributed by atoms with van der Waals surface area (Å²) in [5.74, 6) is 1.48. The summed E-state index contributed by atoms with van der Waals surface area (Å²) < 4.78 is 42.4. The molecule has 0 N–H and O–H groups in total. The molecule has 0 atom stereocenters. The number of nitrogens with zero attached hydrogens (tertiary/aromatic N) is 1. The smallest absolute Gasteiger partial charge is 0.203 e. The number of hydrogen-bond acceptors (Lipinski definition) is 10. The van der Waals surface area contributed by atoms with Crippen molar-refractivity contribution in [1.82, 2.24) is 5.16 Å². The summed E-state index contributed by atoms with van der Waals surface area (Å²) in [5, 5.41) is 3.81.